The zero-order valence-electron chi connectivity index (χ0n) is 21.9. The van der Waals surface area contributed by atoms with Crippen molar-refractivity contribution in [1.82, 2.24) is 15.3 Å². The summed E-state index contributed by atoms with van der Waals surface area (Å²) in [6, 6.07) is 10.6. The number of benzene rings is 2. The Morgan fingerprint density at radius 1 is 1.00 bits per heavy atom. The number of urea groups is 1. The Labute approximate surface area is 246 Å². The van der Waals surface area contributed by atoms with E-state index >= 15 is 0 Å². The number of carbonyl (C=O) groups excluding carboxylic acids is 2. The number of hydrogen-bond donors (Lipinski definition) is 4. The monoisotopic (exact) mass is 604 g/mol. The number of rotatable bonds is 5. The molecule has 5 N–H and O–H groups in total. The number of halogens is 4. The maximum absolute atomic E-state index is 14.0. The highest BCUT2D eigenvalue weighted by atomic mass is 32.1. The van der Waals surface area contributed by atoms with Gasteiger partial charge in [-0.05, 0) is 53.4 Å². The molecule has 0 radical (unpaired) electrons. The van der Waals surface area contributed by atoms with E-state index in [1.807, 2.05) is 5.38 Å². The van der Waals surface area contributed by atoms with E-state index in [1.165, 1.54) is 23.7 Å². The molecule has 0 aliphatic carbocycles. The van der Waals surface area contributed by atoms with Crippen molar-refractivity contribution in [3.8, 4) is 23.0 Å². The standard InChI is InChI=1S/C30H20F4N6O2S/c31-23-8-5-20(30(32,33)34)14-24(23)40-29(42)39-21-6-3-17(4-7-21)22-16-43-26-19(15-38-27(35)25(22)26)2-1-11-37-28(41)18-9-12-36-13-10-18/h3-10,12-16H,11H2,(H2,35,38)(H,37,41)(H2,39,40,42). The minimum atomic E-state index is -4.69. The number of thiophene rings is 1. The Bertz CT molecular complexity index is 1880. The Morgan fingerprint density at radius 2 is 1.74 bits per heavy atom. The second-order valence-corrected chi connectivity index (χ2v) is 9.86. The van der Waals surface area contributed by atoms with Gasteiger partial charge in [0.2, 0.25) is 0 Å². The molecule has 0 atom stereocenters. The second kappa shape index (κ2) is 12.2. The van der Waals surface area contributed by atoms with E-state index in [-0.39, 0.29) is 12.5 Å². The van der Waals surface area contributed by atoms with Crippen LogP contribution in [0.3, 0.4) is 0 Å². The smallest absolute Gasteiger partial charge is 0.383 e. The summed E-state index contributed by atoms with van der Waals surface area (Å²) in [4.78, 5) is 32.7. The highest BCUT2D eigenvalue weighted by Crippen LogP contribution is 2.38. The van der Waals surface area contributed by atoms with E-state index in [0.717, 1.165) is 15.8 Å². The van der Waals surface area contributed by atoms with Crippen LogP contribution in [0.2, 0.25) is 0 Å². The van der Waals surface area contributed by atoms with Crippen molar-refractivity contribution in [3.05, 3.63) is 101 Å². The van der Waals surface area contributed by atoms with E-state index in [9.17, 15) is 27.2 Å². The van der Waals surface area contributed by atoms with Gasteiger partial charge >= 0.3 is 12.2 Å². The molecule has 3 heterocycles. The Morgan fingerprint density at radius 3 is 2.47 bits per heavy atom. The first-order valence-electron chi connectivity index (χ1n) is 12.5. The van der Waals surface area contributed by atoms with E-state index in [4.69, 9.17) is 5.73 Å². The predicted octanol–water partition coefficient (Wildman–Crippen LogP) is 6.52. The number of anilines is 3. The van der Waals surface area contributed by atoms with Crippen molar-refractivity contribution >= 4 is 50.6 Å². The lowest BCUT2D eigenvalue weighted by molar-refractivity contribution is -0.137. The topological polar surface area (TPSA) is 122 Å². The summed E-state index contributed by atoms with van der Waals surface area (Å²) >= 11 is 1.42. The van der Waals surface area contributed by atoms with E-state index in [0.29, 0.717) is 46.2 Å². The van der Waals surface area contributed by atoms with Gasteiger partial charge in [-0.2, -0.15) is 13.2 Å². The molecule has 0 unspecified atom stereocenters. The first-order valence-corrected chi connectivity index (χ1v) is 13.4. The number of nitrogens with one attached hydrogen (secondary N) is 3. The molecule has 0 spiro atoms. The molecule has 5 rings (SSSR count). The maximum atomic E-state index is 14.0. The normalized spacial score (nSPS) is 11.0. The van der Waals surface area contributed by atoms with Crippen molar-refractivity contribution in [2.24, 2.45) is 0 Å². The molecule has 13 heteroatoms. The first kappa shape index (κ1) is 29.0. The number of amides is 3. The SMILES string of the molecule is Nc1ncc(C#CCNC(=O)c2ccncc2)c2scc(-c3ccc(NC(=O)Nc4cc(C(F)(F)F)ccc4F)cc3)c12. The molecule has 5 aromatic rings. The average molecular weight is 605 g/mol. The highest BCUT2D eigenvalue weighted by Gasteiger charge is 2.31. The molecule has 43 heavy (non-hydrogen) atoms. The van der Waals surface area contributed by atoms with E-state index in [2.05, 4.69) is 37.8 Å². The summed E-state index contributed by atoms with van der Waals surface area (Å²) < 4.78 is 53.6. The van der Waals surface area contributed by atoms with Gasteiger partial charge < -0.3 is 21.7 Å². The van der Waals surface area contributed by atoms with Gasteiger partial charge in [-0.3, -0.25) is 9.78 Å². The van der Waals surface area contributed by atoms with Crippen LogP contribution in [0.15, 0.2) is 78.6 Å². The molecule has 0 fully saturated rings. The number of fused-ring (bicyclic) bond motifs is 1. The molecule has 216 valence electrons. The predicted molar refractivity (Wildman–Crippen MR) is 157 cm³/mol. The van der Waals surface area contributed by atoms with Gasteiger partial charge in [0.05, 0.1) is 28.1 Å². The third-order valence-corrected chi connectivity index (χ3v) is 7.14. The van der Waals surface area contributed by atoms with Gasteiger partial charge in [-0.25, -0.2) is 14.2 Å². The van der Waals surface area contributed by atoms with Gasteiger partial charge in [-0.15, -0.1) is 11.3 Å². The fourth-order valence-corrected chi connectivity index (χ4v) is 5.11. The molecular formula is C30H20F4N6O2S. The fraction of sp³-hybridized carbons (Fsp3) is 0.0667. The fourth-order valence-electron chi connectivity index (χ4n) is 4.05. The van der Waals surface area contributed by atoms with Crippen molar-refractivity contribution in [1.29, 1.82) is 0 Å². The number of hydrogen-bond acceptors (Lipinski definition) is 6. The third kappa shape index (κ3) is 6.71. The molecular weight excluding hydrogens is 584 g/mol. The molecule has 0 saturated heterocycles. The number of pyridine rings is 2. The molecule has 3 amide bonds. The lowest BCUT2D eigenvalue weighted by atomic mass is 10.0. The zero-order chi connectivity index (χ0) is 30.6. The molecule has 0 aliphatic heterocycles. The van der Waals surface area contributed by atoms with Crippen LogP contribution in [0.1, 0.15) is 21.5 Å². The summed E-state index contributed by atoms with van der Waals surface area (Å²) in [5.74, 6) is 4.97. The van der Waals surface area contributed by atoms with Crippen LogP contribution in [-0.4, -0.2) is 28.5 Å². The van der Waals surface area contributed by atoms with Gasteiger partial charge in [0, 0.05) is 40.8 Å². The van der Waals surface area contributed by atoms with Gasteiger partial charge in [0.25, 0.3) is 5.91 Å². The number of nitrogens with zero attached hydrogens (tertiary/aromatic N) is 2. The average Bonchev–Trinajstić information content (AvgIpc) is 3.44. The maximum Gasteiger partial charge on any atom is 0.416 e. The molecule has 2 aromatic carbocycles. The van der Waals surface area contributed by atoms with Crippen LogP contribution in [0, 0.1) is 17.7 Å². The van der Waals surface area contributed by atoms with Crippen LogP contribution >= 0.6 is 11.3 Å². The Kier molecular flexibility index (Phi) is 8.22. The lowest BCUT2D eigenvalue weighted by Crippen LogP contribution is -2.23. The lowest BCUT2D eigenvalue weighted by Gasteiger charge is -2.12. The Hall–Kier alpha value is -5.48. The van der Waals surface area contributed by atoms with Crippen molar-refractivity contribution < 1.29 is 27.2 Å². The number of aromatic nitrogens is 2. The highest BCUT2D eigenvalue weighted by molar-refractivity contribution is 7.18. The zero-order valence-corrected chi connectivity index (χ0v) is 22.7. The van der Waals surface area contributed by atoms with Gasteiger partial charge in [0.1, 0.15) is 11.6 Å². The summed E-state index contributed by atoms with van der Waals surface area (Å²) in [5, 5.41) is 9.88. The van der Waals surface area contributed by atoms with Crippen molar-refractivity contribution in [3.63, 3.8) is 0 Å². The molecule has 8 nitrogen and oxygen atoms in total. The van der Waals surface area contributed by atoms with Crippen LogP contribution in [0.5, 0.6) is 0 Å². The third-order valence-electron chi connectivity index (χ3n) is 6.12. The summed E-state index contributed by atoms with van der Waals surface area (Å²) in [6.07, 6.45) is -0.0691. The van der Waals surface area contributed by atoms with Crippen LogP contribution < -0.4 is 21.7 Å². The number of nitrogens with two attached hydrogens (primary N) is 1. The molecule has 0 aliphatic rings. The Balaban J connectivity index is 1.28. The largest absolute Gasteiger partial charge is 0.416 e. The summed E-state index contributed by atoms with van der Waals surface area (Å²) in [6.45, 7) is 0.119. The van der Waals surface area contributed by atoms with Gasteiger partial charge in [-0.1, -0.05) is 24.0 Å². The van der Waals surface area contributed by atoms with E-state index < -0.39 is 29.3 Å². The van der Waals surface area contributed by atoms with Crippen LogP contribution in [0.4, 0.5) is 39.5 Å². The minimum absolute atomic E-state index is 0.119. The first-order chi connectivity index (χ1) is 20.6. The summed E-state index contributed by atoms with van der Waals surface area (Å²) in [5.41, 5.74) is 7.47. The number of carbonyl (C=O) groups is 2. The minimum Gasteiger partial charge on any atom is -0.383 e. The number of nitrogen functional groups attached to an aromatic ring is 1. The van der Waals surface area contributed by atoms with Crippen LogP contribution in [0.25, 0.3) is 21.2 Å². The van der Waals surface area contributed by atoms with Crippen molar-refractivity contribution in [2.75, 3.05) is 22.9 Å². The van der Waals surface area contributed by atoms with Gasteiger partial charge in [0.15, 0.2) is 0 Å². The summed E-state index contributed by atoms with van der Waals surface area (Å²) in [7, 11) is 0. The van der Waals surface area contributed by atoms with E-state index in [1.54, 1.807) is 42.6 Å². The van der Waals surface area contributed by atoms with Crippen LogP contribution in [-0.2, 0) is 6.18 Å². The quantitative estimate of drug-likeness (QED) is 0.134. The molecule has 0 bridgehead atoms. The second-order valence-electron chi connectivity index (χ2n) is 8.98. The number of alkyl halides is 3. The molecule has 0 saturated carbocycles. The van der Waals surface area contributed by atoms with Crippen molar-refractivity contribution in [2.45, 2.75) is 6.18 Å². The molecule has 3 aromatic heterocycles.